The number of aromatic hydroxyl groups is 1. The van der Waals surface area contributed by atoms with Gasteiger partial charge in [0, 0.05) is 11.6 Å². The lowest BCUT2D eigenvalue weighted by Gasteiger charge is -2.15. The second-order valence-corrected chi connectivity index (χ2v) is 6.47. The van der Waals surface area contributed by atoms with Crippen molar-refractivity contribution in [3.05, 3.63) is 40.3 Å². The van der Waals surface area contributed by atoms with Crippen LogP contribution >= 0.6 is 24.4 Å². The molecule has 0 amide bonds. The van der Waals surface area contributed by atoms with Crippen LogP contribution in [0.2, 0.25) is 0 Å². The number of carbonyl (C=O) groups is 2. The van der Waals surface area contributed by atoms with Gasteiger partial charge in [-0.05, 0) is 30.4 Å². The van der Waals surface area contributed by atoms with Crippen LogP contribution in [0.1, 0.15) is 46.4 Å². The van der Waals surface area contributed by atoms with Crippen LogP contribution in [-0.2, 0) is 0 Å². The maximum absolute atomic E-state index is 12.3. The normalized spacial score (nSPS) is 14.0. The molecule has 112 valence electrons. The van der Waals surface area contributed by atoms with Gasteiger partial charge in [0.25, 0.3) is 0 Å². The molecule has 1 aliphatic rings. The van der Waals surface area contributed by atoms with Gasteiger partial charge in [-0.3, -0.25) is 9.59 Å². The molecule has 1 aromatic rings. The van der Waals surface area contributed by atoms with E-state index in [0.717, 1.165) is 37.2 Å². The highest BCUT2D eigenvalue weighted by molar-refractivity contribution is 8.04. The van der Waals surface area contributed by atoms with Gasteiger partial charge in [0.2, 0.25) is 5.78 Å². The molecule has 3 nitrogen and oxygen atoms in total. The molecule has 0 heterocycles. The van der Waals surface area contributed by atoms with Crippen LogP contribution in [0, 0.1) is 0 Å². The molecule has 0 fully saturated rings. The topological polar surface area (TPSA) is 54.4 Å². The van der Waals surface area contributed by atoms with Crippen molar-refractivity contribution in [3.63, 3.8) is 0 Å². The summed E-state index contributed by atoms with van der Waals surface area (Å²) in [5, 5.41) is 9.81. The van der Waals surface area contributed by atoms with Gasteiger partial charge in [0.15, 0.2) is 5.78 Å². The average Bonchev–Trinajstić information content (AvgIpc) is 2.47. The zero-order valence-electron chi connectivity index (χ0n) is 11.7. The number of rotatable bonds is 7. The fraction of sp³-hybridized carbons (Fsp3) is 0.375. The predicted octanol–water partition coefficient (Wildman–Crippen LogP) is 3.88. The Hall–Kier alpha value is -1.20. The maximum atomic E-state index is 12.3. The minimum Gasteiger partial charge on any atom is -0.507 e. The number of carbonyl (C=O) groups excluding carboxylic acids is 2. The zero-order chi connectivity index (χ0) is 15.2. The summed E-state index contributed by atoms with van der Waals surface area (Å²) in [6.45, 7) is 0. The molecular formula is C16H18O3S2. The fourth-order valence-corrected chi connectivity index (χ4v) is 3.44. The first-order valence-corrected chi connectivity index (χ1v) is 8.63. The van der Waals surface area contributed by atoms with Gasteiger partial charge < -0.3 is 5.11 Å². The van der Waals surface area contributed by atoms with Crippen molar-refractivity contribution in [2.75, 3.05) is 11.5 Å². The van der Waals surface area contributed by atoms with E-state index in [1.165, 1.54) is 23.9 Å². The Morgan fingerprint density at radius 2 is 1.86 bits per heavy atom. The van der Waals surface area contributed by atoms with Gasteiger partial charge in [-0.15, -0.1) is 11.8 Å². The van der Waals surface area contributed by atoms with Crippen molar-refractivity contribution in [2.45, 2.75) is 25.7 Å². The maximum Gasteiger partial charge on any atom is 0.203 e. The molecule has 1 aromatic carbocycles. The molecular weight excluding hydrogens is 304 g/mol. The Morgan fingerprint density at radius 3 is 2.62 bits per heavy atom. The van der Waals surface area contributed by atoms with Crippen molar-refractivity contribution in [1.82, 2.24) is 0 Å². The van der Waals surface area contributed by atoms with E-state index in [9.17, 15) is 14.7 Å². The molecule has 1 N–H and O–H groups in total. The largest absolute Gasteiger partial charge is 0.507 e. The van der Waals surface area contributed by atoms with E-state index in [0.29, 0.717) is 4.91 Å². The van der Waals surface area contributed by atoms with E-state index in [4.69, 9.17) is 0 Å². The highest BCUT2D eigenvalue weighted by atomic mass is 32.2. The molecule has 0 unspecified atom stereocenters. The molecule has 5 heteroatoms. The number of unbranched alkanes of at least 4 members (excludes halogenated alkanes) is 3. The van der Waals surface area contributed by atoms with E-state index >= 15 is 0 Å². The van der Waals surface area contributed by atoms with E-state index < -0.39 is 0 Å². The smallest absolute Gasteiger partial charge is 0.203 e. The number of benzene rings is 1. The number of hydrogen-bond donors (Lipinski definition) is 2. The lowest BCUT2D eigenvalue weighted by Crippen LogP contribution is -2.15. The van der Waals surface area contributed by atoms with Crippen LogP contribution in [0.5, 0.6) is 5.75 Å². The molecule has 21 heavy (non-hydrogen) atoms. The molecule has 0 saturated heterocycles. The minimum absolute atomic E-state index is 0.120. The van der Waals surface area contributed by atoms with Gasteiger partial charge in [-0.1, -0.05) is 25.0 Å². The van der Waals surface area contributed by atoms with Gasteiger partial charge in [-0.25, -0.2) is 0 Å². The Labute approximate surface area is 134 Å². The number of thioether (sulfide) groups is 1. The third-order valence-corrected chi connectivity index (χ3v) is 4.75. The van der Waals surface area contributed by atoms with Crippen LogP contribution in [0.15, 0.2) is 29.2 Å². The second-order valence-electron chi connectivity index (χ2n) is 4.89. The number of thiol groups is 1. The van der Waals surface area contributed by atoms with Gasteiger partial charge in [-0.2, -0.15) is 12.6 Å². The summed E-state index contributed by atoms with van der Waals surface area (Å²) in [7, 11) is 0. The van der Waals surface area contributed by atoms with Crippen molar-refractivity contribution in [3.8, 4) is 5.75 Å². The third kappa shape index (κ3) is 3.92. The first kappa shape index (κ1) is 16.2. The standard InChI is InChI=1S/C16H18O3S2/c17-12-7-5-6-11-13(18)10-14(16(19)15(11)12)21-9-4-2-1-3-8-20/h5-7,10,17,20H,1-4,8-9H2. The molecule has 2 rings (SSSR count). The van der Waals surface area contributed by atoms with Crippen LogP contribution in [0.4, 0.5) is 0 Å². The third-order valence-electron chi connectivity index (χ3n) is 3.33. The number of hydrogen-bond acceptors (Lipinski definition) is 5. The van der Waals surface area contributed by atoms with Crippen LogP contribution < -0.4 is 0 Å². The summed E-state index contributed by atoms with van der Waals surface area (Å²) in [5.41, 5.74) is 0.431. The number of allylic oxidation sites excluding steroid dienone is 2. The van der Waals surface area contributed by atoms with Gasteiger partial charge in [0.05, 0.1) is 10.5 Å². The average molecular weight is 322 g/mol. The number of Topliss-reactive ketones (excluding diaryl/α,β-unsaturated/α-hetero) is 1. The quantitative estimate of drug-likeness (QED) is 0.591. The molecule has 0 atom stereocenters. The summed E-state index contributed by atoms with van der Waals surface area (Å²) < 4.78 is 0. The number of phenolic OH excluding ortho intramolecular Hbond substituents is 1. The first-order chi connectivity index (χ1) is 10.1. The lowest BCUT2D eigenvalue weighted by atomic mass is 9.94. The molecule has 0 aliphatic heterocycles. The SMILES string of the molecule is O=C1C=C(SCCCCCCS)C(=O)c2c(O)cccc21. The van der Waals surface area contributed by atoms with E-state index in [2.05, 4.69) is 12.6 Å². The van der Waals surface area contributed by atoms with Crippen molar-refractivity contribution >= 4 is 36.0 Å². The number of ketones is 2. The number of phenols is 1. The molecule has 0 saturated carbocycles. The van der Waals surface area contributed by atoms with Crippen molar-refractivity contribution < 1.29 is 14.7 Å². The Balaban J connectivity index is 1.98. The molecule has 0 spiro atoms. The zero-order valence-corrected chi connectivity index (χ0v) is 13.4. The summed E-state index contributed by atoms with van der Waals surface area (Å²) in [4.78, 5) is 24.8. The van der Waals surface area contributed by atoms with Gasteiger partial charge >= 0.3 is 0 Å². The highest BCUT2D eigenvalue weighted by Crippen LogP contribution is 2.33. The van der Waals surface area contributed by atoms with Crippen molar-refractivity contribution in [2.24, 2.45) is 0 Å². The minimum atomic E-state index is -0.247. The fourth-order valence-electron chi connectivity index (χ4n) is 2.23. The predicted molar refractivity (Wildman–Crippen MR) is 89.6 cm³/mol. The Morgan fingerprint density at radius 1 is 1.10 bits per heavy atom. The molecule has 1 aliphatic carbocycles. The molecule has 0 radical (unpaired) electrons. The van der Waals surface area contributed by atoms with E-state index in [1.54, 1.807) is 12.1 Å². The summed E-state index contributed by atoms with van der Waals surface area (Å²) in [6, 6.07) is 4.59. The Kier molecular flexibility index (Phi) is 5.94. The van der Waals surface area contributed by atoms with E-state index in [1.807, 2.05) is 0 Å². The van der Waals surface area contributed by atoms with Crippen LogP contribution in [-0.4, -0.2) is 28.2 Å². The first-order valence-electron chi connectivity index (χ1n) is 7.01. The summed E-state index contributed by atoms with van der Waals surface area (Å²) >= 11 is 5.57. The van der Waals surface area contributed by atoms with E-state index in [-0.39, 0.29) is 28.4 Å². The lowest BCUT2D eigenvalue weighted by molar-refractivity contribution is 0.0989. The molecule has 0 bridgehead atoms. The summed E-state index contributed by atoms with van der Waals surface area (Å²) in [5.74, 6) is 1.13. The number of fused-ring (bicyclic) bond motifs is 1. The van der Waals surface area contributed by atoms with Gasteiger partial charge in [0.1, 0.15) is 5.75 Å². The Bertz CT molecular complexity index is 579. The highest BCUT2D eigenvalue weighted by Gasteiger charge is 2.28. The molecule has 0 aromatic heterocycles. The summed E-state index contributed by atoms with van der Waals surface area (Å²) in [6.07, 6.45) is 5.74. The monoisotopic (exact) mass is 322 g/mol. The second kappa shape index (κ2) is 7.71. The van der Waals surface area contributed by atoms with Crippen molar-refractivity contribution in [1.29, 1.82) is 0 Å². The van der Waals surface area contributed by atoms with Crippen LogP contribution in [0.25, 0.3) is 0 Å². The van der Waals surface area contributed by atoms with Crippen LogP contribution in [0.3, 0.4) is 0 Å².